The predicted octanol–water partition coefficient (Wildman–Crippen LogP) is 3.10. The molecule has 0 saturated heterocycles. The number of nitrogens with zero attached hydrogens (tertiary/aromatic N) is 2. The largest absolute Gasteiger partial charge is 0.364 e. The highest BCUT2D eigenvalue weighted by Gasteiger charge is 2.18. The van der Waals surface area contributed by atoms with Crippen LogP contribution in [0.1, 0.15) is 31.9 Å². The molecule has 0 atom stereocenters. The number of nitrogens with one attached hydrogen (secondary N) is 2. The van der Waals surface area contributed by atoms with Gasteiger partial charge in [-0.2, -0.15) is 0 Å². The second-order valence-electron chi connectivity index (χ2n) is 6.55. The standard InChI is InChI=1S/C16H22N4O2S/c1-11-6-7-12(2)13(10-11)23(21,22)20-15-9-8-14(18-19-15)17-16(3,4)5/h6-10H,1-5H3,(H,17,18)(H,19,20). The van der Waals surface area contributed by atoms with Crippen molar-refractivity contribution in [3.8, 4) is 0 Å². The first-order valence-corrected chi connectivity index (χ1v) is 8.77. The van der Waals surface area contributed by atoms with Crippen LogP contribution in [-0.2, 0) is 10.0 Å². The Morgan fingerprint density at radius 3 is 2.13 bits per heavy atom. The van der Waals surface area contributed by atoms with Gasteiger partial charge in [-0.25, -0.2) is 8.42 Å². The molecule has 0 radical (unpaired) electrons. The zero-order valence-electron chi connectivity index (χ0n) is 14.0. The van der Waals surface area contributed by atoms with E-state index < -0.39 is 10.0 Å². The molecule has 23 heavy (non-hydrogen) atoms. The molecule has 0 amide bonds. The summed E-state index contributed by atoms with van der Waals surface area (Å²) in [5, 5.41) is 11.1. The summed E-state index contributed by atoms with van der Waals surface area (Å²) >= 11 is 0. The van der Waals surface area contributed by atoms with Gasteiger partial charge in [0.1, 0.15) is 5.82 Å². The van der Waals surface area contributed by atoms with Crippen LogP contribution in [0, 0.1) is 13.8 Å². The number of sulfonamides is 1. The average molecular weight is 334 g/mol. The van der Waals surface area contributed by atoms with Crippen LogP contribution < -0.4 is 10.0 Å². The van der Waals surface area contributed by atoms with E-state index in [2.05, 4.69) is 20.2 Å². The Kier molecular flexibility index (Phi) is 4.61. The van der Waals surface area contributed by atoms with E-state index in [4.69, 9.17) is 0 Å². The summed E-state index contributed by atoms with van der Waals surface area (Å²) in [5.41, 5.74) is 1.42. The lowest BCUT2D eigenvalue weighted by molar-refractivity contribution is 0.600. The molecule has 7 heteroatoms. The molecule has 2 aromatic rings. The van der Waals surface area contributed by atoms with Crippen molar-refractivity contribution in [2.45, 2.75) is 45.1 Å². The molecule has 0 aliphatic carbocycles. The quantitative estimate of drug-likeness (QED) is 0.897. The van der Waals surface area contributed by atoms with Crippen molar-refractivity contribution in [1.29, 1.82) is 0 Å². The zero-order valence-corrected chi connectivity index (χ0v) is 14.8. The van der Waals surface area contributed by atoms with Crippen molar-refractivity contribution >= 4 is 21.7 Å². The molecule has 0 unspecified atom stereocenters. The molecule has 2 rings (SSSR count). The highest BCUT2D eigenvalue weighted by molar-refractivity contribution is 7.92. The Morgan fingerprint density at radius 1 is 0.957 bits per heavy atom. The van der Waals surface area contributed by atoms with Crippen molar-refractivity contribution in [1.82, 2.24) is 10.2 Å². The number of rotatable bonds is 4. The summed E-state index contributed by atoms with van der Waals surface area (Å²) in [6, 6.07) is 8.58. The minimum atomic E-state index is -3.69. The number of aryl methyl sites for hydroxylation is 2. The molecular weight excluding hydrogens is 312 g/mol. The van der Waals surface area contributed by atoms with Crippen molar-refractivity contribution in [3.05, 3.63) is 41.5 Å². The lowest BCUT2D eigenvalue weighted by Gasteiger charge is -2.20. The van der Waals surface area contributed by atoms with E-state index in [0.717, 1.165) is 5.56 Å². The molecule has 1 aromatic carbocycles. The maximum Gasteiger partial charge on any atom is 0.263 e. The Labute approximate surface area is 137 Å². The minimum Gasteiger partial charge on any atom is -0.364 e. The summed E-state index contributed by atoms with van der Waals surface area (Å²) in [6.07, 6.45) is 0. The Bertz CT molecular complexity index is 794. The van der Waals surface area contributed by atoms with Gasteiger partial charge in [0.25, 0.3) is 10.0 Å². The lowest BCUT2D eigenvalue weighted by atomic mass is 10.1. The van der Waals surface area contributed by atoms with E-state index in [1.807, 2.05) is 33.8 Å². The SMILES string of the molecule is Cc1ccc(C)c(S(=O)(=O)Nc2ccc(NC(C)(C)C)nn2)c1. The second kappa shape index (κ2) is 6.16. The van der Waals surface area contributed by atoms with Crippen LogP contribution in [-0.4, -0.2) is 24.2 Å². The maximum atomic E-state index is 12.5. The molecule has 0 aliphatic rings. The summed E-state index contributed by atoms with van der Waals surface area (Å²) in [4.78, 5) is 0.246. The van der Waals surface area contributed by atoms with Crippen molar-refractivity contribution < 1.29 is 8.42 Å². The first kappa shape index (κ1) is 17.2. The molecule has 0 spiro atoms. The van der Waals surface area contributed by atoms with E-state index in [1.54, 1.807) is 31.2 Å². The van der Waals surface area contributed by atoms with Crippen molar-refractivity contribution in [2.24, 2.45) is 0 Å². The van der Waals surface area contributed by atoms with E-state index in [1.165, 1.54) is 0 Å². The molecule has 0 bridgehead atoms. The molecule has 124 valence electrons. The third kappa shape index (κ3) is 4.66. The van der Waals surface area contributed by atoms with Gasteiger partial charge in [-0.15, -0.1) is 10.2 Å². The van der Waals surface area contributed by atoms with Gasteiger partial charge < -0.3 is 5.32 Å². The van der Waals surface area contributed by atoms with E-state index in [-0.39, 0.29) is 16.3 Å². The van der Waals surface area contributed by atoms with Gasteiger partial charge in [0, 0.05) is 5.54 Å². The van der Waals surface area contributed by atoms with Crippen LogP contribution >= 0.6 is 0 Å². The molecule has 1 aromatic heterocycles. The van der Waals surface area contributed by atoms with Gasteiger partial charge in [-0.1, -0.05) is 12.1 Å². The smallest absolute Gasteiger partial charge is 0.263 e. The molecule has 1 heterocycles. The van der Waals surface area contributed by atoms with Crippen LogP contribution in [0.15, 0.2) is 35.2 Å². The Hall–Kier alpha value is -2.15. The van der Waals surface area contributed by atoms with Gasteiger partial charge in [0.15, 0.2) is 5.82 Å². The fraction of sp³-hybridized carbons (Fsp3) is 0.375. The van der Waals surface area contributed by atoms with Gasteiger partial charge in [-0.3, -0.25) is 4.72 Å². The van der Waals surface area contributed by atoms with Crippen LogP contribution in [0.3, 0.4) is 0 Å². The maximum absolute atomic E-state index is 12.5. The van der Waals surface area contributed by atoms with E-state index in [0.29, 0.717) is 11.4 Å². The van der Waals surface area contributed by atoms with Gasteiger partial charge in [0.05, 0.1) is 4.90 Å². The van der Waals surface area contributed by atoms with Crippen molar-refractivity contribution in [3.63, 3.8) is 0 Å². The zero-order chi connectivity index (χ0) is 17.3. The number of anilines is 2. The van der Waals surface area contributed by atoms with Crippen LogP contribution in [0.25, 0.3) is 0 Å². The second-order valence-corrected chi connectivity index (χ2v) is 8.20. The van der Waals surface area contributed by atoms with Crippen LogP contribution in [0.2, 0.25) is 0 Å². The van der Waals surface area contributed by atoms with Crippen LogP contribution in [0.5, 0.6) is 0 Å². The Balaban J connectivity index is 2.22. The summed E-state index contributed by atoms with van der Waals surface area (Å²) in [6.45, 7) is 9.63. The number of aromatic nitrogens is 2. The van der Waals surface area contributed by atoms with Crippen molar-refractivity contribution in [2.75, 3.05) is 10.0 Å². The lowest BCUT2D eigenvalue weighted by Crippen LogP contribution is -2.26. The van der Waals surface area contributed by atoms with Gasteiger partial charge in [0.2, 0.25) is 0 Å². The number of hydrogen-bond acceptors (Lipinski definition) is 5. The summed E-state index contributed by atoms with van der Waals surface area (Å²) in [5.74, 6) is 0.776. The van der Waals surface area contributed by atoms with Crippen LogP contribution in [0.4, 0.5) is 11.6 Å². The van der Waals surface area contributed by atoms with E-state index >= 15 is 0 Å². The average Bonchev–Trinajstić information content (AvgIpc) is 2.42. The molecular formula is C16H22N4O2S. The first-order valence-electron chi connectivity index (χ1n) is 7.29. The van der Waals surface area contributed by atoms with E-state index in [9.17, 15) is 8.42 Å². The number of hydrogen-bond donors (Lipinski definition) is 2. The van der Waals surface area contributed by atoms with Gasteiger partial charge in [-0.05, 0) is 63.9 Å². The molecule has 0 fully saturated rings. The molecule has 6 nitrogen and oxygen atoms in total. The fourth-order valence-electron chi connectivity index (χ4n) is 2.03. The Morgan fingerprint density at radius 2 is 1.57 bits per heavy atom. The number of benzene rings is 1. The highest BCUT2D eigenvalue weighted by Crippen LogP contribution is 2.20. The summed E-state index contributed by atoms with van der Waals surface area (Å²) < 4.78 is 27.5. The third-order valence-corrected chi connectivity index (χ3v) is 4.54. The topological polar surface area (TPSA) is 84.0 Å². The molecule has 0 aliphatic heterocycles. The summed E-state index contributed by atoms with van der Waals surface area (Å²) in [7, 11) is -3.69. The first-order chi connectivity index (χ1) is 10.6. The van der Waals surface area contributed by atoms with Gasteiger partial charge >= 0.3 is 0 Å². The monoisotopic (exact) mass is 334 g/mol. The predicted molar refractivity (Wildman–Crippen MR) is 92.1 cm³/mol. The third-order valence-electron chi connectivity index (χ3n) is 3.04. The minimum absolute atomic E-state index is 0.144. The highest BCUT2D eigenvalue weighted by atomic mass is 32.2. The molecule has 2 N–H and O–H groups in total. The fourth-order valence-corrected chi connectivity index (χ4v) is 3.35. The normalized spacial score (nSPS) is 12.0. The molecule has 0 saturated carbocycles.